The van der Waals surface area contributed by atoms with Gasteiger partial charge in [0.05, 0.1) is 5.69 Å². The lowest BCUT2D eigenvalue weighted by Crippen LogP contribution is -2.01. The number of aryl methyl sites for hydroxylation is 1. The van der Waals surface area contributed by atoms with Crippen molar-refractivity contribution in [2.24, 2.45) is 0 Å². The van der Waals surface area contributed by atoms with Crippen molar-refractivity contribution < 1.29 is 9.21 Å². The summed E-state index contributed by atoms with van der Waals surface area (Å²) in [6.07, 6.45) is 1.28. The van der Waals surface area contributed by atoms with E-state index >= 15 is 0 Å². The number of ketones is 1. The van der Waals surface area contributed by atoms with Gasteiger partial charge in [-0.1, -0.05) is 30.3 Å². The summed E-state index contributed by atoms with van der Waals surface area (Å²) >= 11 is 0. The zero-order valence-electron chi connectivity index (χ0n) is 7.73. The SMILES string of the molecule is Cc1ncoc1C(=O)c1ccccc1. The highest BCUT2D eigenvalue weighted by atomic mass is 16.3. The quantitative estimate of drug-likeness (QED) is 0.677. The van der Waals surface area contributed by atoms with Crippen LogP contribution in [-0.2, 0) is 0 Å². The molecule has 3 heteroatoms. The summed E-state index contributed by atoms with van der Waals surface area (Å²) in [5.74, 6) is 0.191. The average molecular weight is 187 g/mol. The predicted molar refractivity (Wildman–Crippen MR) is 51.1 cm³/mol. The number of aromatic nitrogens is 1. The van der Waals surface area contributed by atoms with Crippen molar-refractivity contribution in [3.05, 3.63) is 53.7 Å². The van der Waals surface area contributed by atoms with E-state index < -0.39 is 0 Å². The lowest BCUT2D eigenvalue weighted by atomic mass is 10.1. The Kier molecular flexibility index (Phi) is 2.14. The van der Waals surface area contributed by atoms with Crippen LogP contribution in [0.25, 0.3) is 0 Å². The number of hydrogen-bond donors (Lipinski definition) is 0. The molecule has 1 aromatic carbocycles. The molecule has 0 aliphatic heterocycles. The zero-order valence-corrected chi connectivity index (χ0v) is 7.73. The van der Waals surface area contributed by atoms with Crippen LogP contribution < -0.4 is 0 Å². The lowest BCUT2D eigenvalue weighted by molar-refractivity contribution is 0.101. The number of carbonyl (C=O) groups is 1. The Balaban J connectivity index is 2.39. The monoisotopic (exact) mass is 187 g/mol. The molecule has 0 saturated heterocycles. The molecular formula is C11H9NO2. The second-order valence-corrected chi connectivity index (χ2v) is 2.96. The molecule has 0 N–H and O–H groups in total. The van der Waals surface area contributed by atoms with Crippen molar-refractivity contribution >= 4 is 5.78 Å². The van der Waals surface area contributed by atoms with Gasteiger partial charge in [-0.25, -0.2) is 4.98 Å². The molecule has 1 aromatic heterocycles. The fraction of sp³-hybridized carbons (Fsp3) is 0.0909. The van der Waals surface area contributed by atoms with E-state index in [-0.39, 0.29) is 5.78 Å². The average Bonchev–Trinajstić information content (AvgIpc) is 2.65. The summed E-state index contributed by atoms with van der Waals surface area (Å²) in [6.45, 7) is 1.75. The van der Waals surface area contributed by atoms with Gasteiger partial charge in [-0.05, 0) is 6.92 Å². The number of nitrogens with zero attached hydrogens (tertiary/aromatic N) is 1. The minimum absolute atomic E-state index is 0.124. The number of oxazole rings is 1. The lowest BCUT2D eigenvalue weighted by Gasteiger charge is -1.96. The van der Waals surface area contributed by atoms with Gasteiger partial charge in [-0.2, -0.15) is 0 Å². The highest BCUT2D eigenvalue weighted by Crippen LogP contribution is 2.12. The molecular weight excluding hydrogens is 178 g/mol. The second kappa shape index (κ2) is 3.46. The highest BCUT2D eigenvalue weighted by molar-refractivity contribution is 6.07. The summed E-state index contributed by atoms with van der Waals surface area (Å²) in [5, 5.41) is 0. The Labute approximate surface area is 81.4 Å². The van der Waals surface area contributed by atoms with Crippen LogP contribution in [0, 0.1) is 6.92 Å². The van der Waals surface area contributed by atoms with Gasteiger partial charge in [-0.15, -0.1) is 0 Å². The molecule has 1 heterocycles. The number of benzene rings is 1. The molecule has 70 valence electrons. The van der Waals surface area contributed by atoms with Crippen molar-refractivity contribution in [3.8, 4) is 0 Å². The van der Waals surface area contributed by atoms with Crippen LogP contribution in [0.1, 0.15) is 21.8 Å². The minimum atomic E-state index is -0.124. The first-order valence-corrected chi connectivity index (χ1v) is 4.29. The van der Waals surface area contributed by atoms with Crippen molar-refractivity contribution in [1.82, 2.24) is 4.98 Å². The van der Waals surface area contributed by atoms with Crippen LogP contribution in [0.5, 0.6) is 0 Å². The first kappa shape index (κ1) is 8.69. The van der Waals surface area contributed by atoms with Gasteiger partial charge < -0.3 is 4.42 Å². The van der Waals surface area contributed by atoms with Crippen LogP contribution in [-0.4, -0.2) is 10.8 Å². The molecule has 0 fully saturated rings. The smallest absolute Gasteiger partial charge is 0.230 e. The third-order valence-electron chi connectivity index (χ3n) is 1.99. The predicted octanol–water partition coefficient (Wildman–Crippen LogP) is 2.21. The molecule has 14 heavy (non-hydrogen) atoms. The van der Waals surface area contributed by atoms with E-state index in [9.17, 15) is 4.79 Å². The van der Waals surface area contributed by atoms with Crippen molar-refractivity contribution in [1.29, 1.82) is 0 Å². The molecule has 0 aliphatic carbocycles. The van der Waals surface area contributed by atoms with Crippen molar-refractivity contribution in [3.63, 3.8) is 0 Å². The number of hydrogen-bond acceptors (Lipinski definition) is 3. The number of carbonyl (C=O) groups excluding carboxylic acids is 1. The molecule has 0 spiro atoms. The van der Waals surface area contributed by atoms with Gasteiger partial charge in [0.2, 0.25) is 5.78 Å². The Morgan fingerprint density at radius 1 is 1.29 bits per heavy atom. The molecule has 0 radical (unpaired) electrons. The fourth-order valence-corrected chi connectivity index (χ4v) is 1.24. The molecule has 0 unspecified atom stereocenters. The van der Waals surface area contributed by atoms with Gasteiger partial charge in [-0.3, -0.25) is 4.79 Å². The molecule has 2 rings (SSSR count). The van der Waals surface area contributed by atoms with Crippen LogP contribution in [0.15, 0.2) is 41.1 Å². The normalized spacial score (nSPS) is 10.1. The van der Waals surface area contributed by atoms with E-state index in [1.807, 2.05) is 18.2 Å². The van der Waals surface area contributed by atoms with Crippen LogP contribution >= 0.6 is 0 Å². The highest BCUT2D eigenvalue weighted by Gasteiger charge is 2.15. The first-order chi connectivity index (χ1) is 6.79. The Bertz CT molecular complexity index is 445. The summed E-state index contributed by atoms with van der Waals surface area (Å²) < 4.78 is 5.02. The molecule has 0 aliphatic rings. The maximum Gasteiger partial charge on any atom is 0.230 e. The largest absolute Gasteiger partial charge is 0.440 e. The van der Waals surface area contributed by atoms with Crippen LogP contribution in [0.2, 0.25) is 0 Å². The summed E-state index contributed by atoms with van der Waals surface area (Å²) in [6, 6.07) is 9.01. The van der Waals surface area contributed by atoms with E-state index in [4.69, 9.17) is 4.42 Å². The molecule has 0 saturated carbocycles. The van der Waals surface area contributed by atoms with Gasteiger partial charge in [0, 0.05) is 5.56 Å². The maximum absolute atomic E-state index is 11.8. The standard InChI is InChI=1S/C11H9NO2/c1-8-11(14-7-12-8)10(13)9-5-3-2-4-6-9/h2-7H,1H3. The third kappa shape index (κ3) is 1.44. The number of rotatable bonds is 2. The molecule has 0 amide bonds. The van der Waals surface area contributed by atoms with Gasteiger partial charge >= 0.3 is 0 Å². The topological polar surface area (TPSA) is 43.1 Å². The summed E-state index contributed by atoms with van der Waals surface area (Å²) in [5.41, 5.74) is 1.24. The van der Waals surface area contributed by atoms with Crippen molar-refractivity contribution in [2.45, 2.75) is 6.92 Å². The Hall–Kier alpha value is -1.90. The van der Waals surface area contributed by atoms with E-state index in [2.05, 4.69) is 4.98 Å². The van der Waals surface area contributed by atoms with Gasteiger partial charge in [0.25, 0.3) is 0 Å². The van der Waals surface area contributed by atoms with Gasteiger partial charge in [0.15, 0.2) is 12.2 Å². The van der Waals surface area contributed by atoms with E-state index in [0.717, 1.165) is 0 Å². The molecule has 0 atom stereocenters. The first-order valence-electron chi connectivity index (χ1n) is 4.29. The van der Waals surface area contributed by atoms with E-state index in [1.54, 1.807) is 19.1 Å². The van der Waals surface area contributed by atoms with Crippen LogP contribution in [0.4, 0.5) is 0 Å². The molecule has 3 nitrogen and oxygen atoms in total. The summed E-state index contributed by atoms with van der Waals surface area (Å²) in [7, 11) is 0. The third-order valence-corrected chi connectivity index (χ3v) is 1.99. The maximum atomic E-state index is 11.8. The van der Waals surface area contributed by atoms with Gasteiger partial charge in [0.1, 0.15) is 0 Å². The molecule has 2 aromatic rings. The fourth-order valence-electron chi connectivity index (χ4n) is 1.24. The Morgan fingerprint density at radius 3 is 2.57 bits per heavy atom. The Morgan fingerprint density at radius 2 is 2.00 bits per heavy atom. The molecule has 0 bridgehead atoms. The minimum Gasteiger partial charge on any atom is -0.440 e. The van der Waals surface area contributed by atoms with E-state index in [1.165, 1.54) is 6.39 Å². The second-order valence-electron chi connectivity index (χ2n) is 2.96. The zero-order chi connectivity index (χ0) is 9.97. The summed E-state index contributed by atoms with van der Waals surface area (Å²) in [4.78, 5) is 15.7. The van der Waals surface area contributed by atoms with Crippen LogP contribution in [0.3, 0.4) is 0 Å². The van der Waals surface area contributed by atoms with Crippen molar-refractivity contribution in [2.75, 3.05) is 0 Å². The van der Waals surface area contributed by atoms with E-state index in [0.29, 0.717) is 17.0 Å².